The van der Waals surface area contributed by atoms with Crippen molar-refractivity contribution in [3.8, 4) is 0 Å². The number of nitrogens with one attached hydrogen (secondary N) is 2. The first-order chi connectivity index (χ1) is 8.29. The van der Waals surface area contributed by atoms with Crippen molar-refractivity contribution in [1.29, 1.82) is 0 Å². The van der Waals surface area contributed by atoms with Crippen LogP contribution >= 0.6 is 11.8 Å². The average Bonchev–Trinajstić information content (AvgIpc) is 2.78. The van der Waals surface area contributed by atoms with Gasteiger partial charge in [-0.1, -0.05) is 6.92 Å². The fraction of sp³-hybridized carbons (Fsp3) is 0.923. The molecule has 2 fully saturated rings. The minimum absolute atomic E-state index is 0.210. The lowest BCUT2D eigenvalue weighted by Gasteiger charge is -2.24. The quantitative estimate of drug-likeness (QED) is 0.805. The number of carbonyl (C=O) groups is 1. The van der Waals surface area contributed by atoms with E-state index in [4.69, 9.17) is 0 Å². The highest BCUT2D eigenvalue weighted by Gasteiger charge is 2.28. The van der Waals surface area contributed by atoms with E-state index in [0.29, 0.717) is 6.04 Å². The number of hydrogen-bond donors (Lipinski definition) is 2. The molecule has 0 aromatic rings. The first-order valence-corrected chi connectivity index (χ1v) is 7.97. The first kappa shape index (κ1) is 13.2. The zero-order chi connectivity index (χ0) is 12.1. The highest BCUT2D eigenvalue weighted by Crippen LogP contribution is 2.29. The molecule has 2 aliphatic rings. The van der Waals surface area contributed by atoms with Gasteiger partial charge in [0, 0.05) is 17.8 Å². The molecule has 0 spiro atoms. The monoisotopic (exact) mass is 256 g/mol. The molecule has 0 bridgehead atoms. The summed E-state index contributed by atoms with van der Waals surface area (Å²) in [5.74, 6) is 1.68. The maximum Gasteiger partial charge on any atom is 0.224 e. The summed E-state index contributed by atoms with van der Waals surface area (Å²) in [5.41, 5.74) is 0. The van der Waals surface area contributed by atoms with Crippen molar-refractivity contribution in [3.63, 3.8) is 0 Å². The molecule has 3 nitrogen and oxygen atoms in total. The van der Waals surface area contributed by atoms with Gasteiger partial charge >= 0.3 is 0 Å². The molecule has 2 rings (SSSR count). The van der Waals surface area contributed by atoms with Crippen molar-refractivity contribution in [3.05, 3.63) is 0 Å². The Labute approximate surface area is 108 Å². The zero-order valence-corrected chi connectivity index (χ0v) is 11.5. The third kappa shape index (κ3) is 3.88. The highest BCUT2D eigenvalue weighted by atomic mass is 32.2. The smallest absolute Gasteiger partial charge is 0.224 e. The number of piperidine rings is 1. The topological polar surface area (TPSA) is 41.1 Å². The summed E-state index contributed by atoms with van der Waals surface area (Å²) < 4.78 is 0. The van der Waals surface area contributed by atoms with Gasteiger partial charge in [0.25, 0.3) is 0 Å². The predicted molar refractivity (Wildman–Crippen MR) is 73.3 cm³/mol. The van der Waals surface area contributed by atoms with Crippen molar-refractivity contribution in [2.24, 2.45) is 5.92 Å². The molecule has 1 heterocycles. The Kier molecular flexibility index (Phi) is 5.16. The molecule has 2 N–H and O–H groups in total. The van der Waals surface area contributed by atoms with E-state index < -0.39 is 0 Å². The van der Waals surface area contributed by atoms with E-state index in [-0.39, 0.29) is 11.8 Å². The summed E-state index contributed by atoms with van der Waals surface area (Å²) in [6, 6.07) is 0.438. The summed E-state index contributed by atoms with van der Waals surface area (Å²) in [6.45, 7) is 4.15. The Bertz CT molecular complexity index is 254. The molecule has 0 aromatic heterocycles. The Morgan fingerprint density at radius 1 is 1.41 bits per heavy atom. The lowest BCUT2D eigenvalue weighted by atomic mass is 9.98. The van der Waals surface area contributed by atoms with Crippen LogP contribution in [0.2, 0.25) is 0 Å². The molecular formula is C13H24N2OS. The molecule has 1 amide bonds. The number of carbonyl (C=O) groups excluding carboxylic acids is 1. The summed E-state index contributed by atoms with van der Waals surface area (Å²) >= 11 is 2.04. The van der Waals surface area contributed by atoms with Gasteiger partial charge in [-0.3, -0.25) is 4.79 Å². The first-order valence-electron chi connectivity index (χ1n) is 6.92. The van der Waals surface area contributed by atoms with Crippen LogP contribution in [0.5, 0.6) is 0 Å². The van der Waals surface area contributed by atoms with Crippen LogP contribution in [0, 0.1) is 5.92 Å². The molecule has 1 aliphatic carbocycles. The van der Waals surface area contributed by atoms with Gasteiger partial charge in [-0.2, -0.15) is 11.8 Å². The largest absolute Gasteiger partial charge is 0.353 e. The van der Waals surface area contributed by atoms with Gasteiger partial charge in [-0.25, -0.2) is 0 Å². The third-order valence-electron chi connectivity index (χ3n) is 3.80. The van der Waals surface area contributed by atoms with Crippen LogP contribution in [0.1, 0.15) is 39.0 Å². The highest BCUT2D eigenvalue weighted by molar-refractivity contribution is 7.99. The van der Waals surface area contributed by atoms with Gasteiger partial charge < -0.3 is 10.6 Å². The number of amides is 1. The predicted octanol–water partition coefficient (Wildman–Crippen LogP) is 1.78. The molecule has 98 valence electrons. The second-order valence-corrected chi connectivity index (χ2v) is 6.72. The lowest BCUT2D eigenvalue weighted by Crippen LogP contribution is -2.43. The summed E-state index contributed by atoms with van der Waals surface area (Å²) in [6.07, 6.45) is 5.80. The van der Waals surface area contributed by atoms with E-state index in [1.807, 2.05) is 11.8 Å². The fourth-order valence-corrected chi connectivity index (χ4v) is 4.00. The van der Waals surface area contributed by atoms with Crippen molar-refractivity contribution in [1.82, 2.24) is 10.6 Å². The Morgan fingerprint density at radius 2 is 2.29 bits per heavy atom. The molecule has 1 saturated carbocycles. The number of rotatable bonds is 4. The van der Waals surface area contributed by atoms with E-state index >= 15 is 0 Å². The molecule has 4 heteroatoms. The number of hydrogen-bond acceptors (Lipinski definition) is 3. The minimum Gasteiger partial charge on any atom is -0.353 e. The average molecular weight is 256 g/mol. The maximum absolute atomic E-state index is 12.1. The van der Waals surface area contributed by atoms with Gasteiger partial charge in [0.1, 0.15) is 0 Å². The zero-order valence-electron chi connectivity index (χ0n) is 10.7. The van der Waals surface area contributed by atoms with E-state index in [9.17, 15) is 4.79 Å². The van der Waals surface area contributed by atoms with Crippen LogP contribution in [-0.2, 0) is 4.79 Å². The molecule has 17 heavy (non-hydrogen) atoms. The molecule has 2 unspecified atom stereocenters. The van der Waals surface area contributed by atoms with Crippen LogP contribution in [0.3, 0.4) is 0 Å². The Balaban J connectivity index is 1.71. The summed E-state index contributed by atoms with van der Waals surface area (Å²) in [4.78, 5) is 12.1. The van der Waals surface area contributed by atoms with Gasteiger partial charge in [-0.05, 0) is 44.4 Å². The van der Waals surface area contributed by atoms with Crippen molar-refractivity contribution >= 4 is 17.7 Å². The molecule has 0 aromatic carbocycles. The van der Waals surface area contributed by atoms with Crippen LogP contribution < -0.4 is 10.6 Å². The van der Waals surface area contributed by atoms with Crippen molar-refractivity contribution in [2.75, 3.05) is 18.8 Å². The van der Waals surface area contributed by atoms with E-state index in [1.165, 1.54) is 25.0 Å². The van der Waals surface area contributed by atoms with E-state index in [0.717, 1.165) is 31.2 Å². The number of thioether (sulfide) groups is 1. The van der Waals surface area contributed by atoms with Crippen LogP contribution in [-0.4, -0.2) is 36.0 Å². The molecular weight excluding hydrogens is 232 g/mol. The van der Waals surface area contributed by atoms with Gasteiger partial charge in [0.15, 0.2) is 0 Å². The van der Waals surface area contributed by atoms with Crippen LogP contribution in [0.25, 0.3) is 0 Å². The van der Waals surface area contributed by atoms with Crippen LogP contribution in [0.15, 0.2) is 0 Å². The standard InChI is InChI=1S/C13H24N2OS/c1-2-17-12-6-5-11(8-12)15-13(16)10-4-3-7-14-9-10/h10-12,14H,2-9H2,1H3,(H,15,16)/t10-,11?,12?/m0/s1. The second-order valence-electron chi connectivity index (χ2n) is 5.14. The van der Waals surface area contributed by atoms with Gasteiger partial charge in [-0.15, -0.1) is 0 Å². The molecule has 1 aliphatic heterocycles. The molecule has 0 radical (unpaired) electrons. The maximum atomic E-state index is 12.1. The van der Waals surface area contributed by atoms with Crippen LogP contribution in [0.4, 0.5) is 0 Å². The fourth-order valence-electron chi connectivity index (χ4n) is 2.85. The molecule has 3 atom stereocenters. The summed E-state index contributed by atoms with van der Waals surface area (Å²) in [5, 5.41) is 7.32. The third-order valence-corrected chi connectivity index (χ3v) is 5.03. The Hall–Kier alpha value is -0.220. The Morgan fingerprint density at radius 3 is 3.00 bits per heavy atom. The second kappa shape index (κ2) is 6.64. The van der Waals surface area contributed by atoms with Gasteiger partial charge in [0.05, 0.1) is 5.92 Å². The minimum atomic E-state index is 0.210. The van der Waals surface area contributed by atoms with E-state index in [2.05, 4.69) is 17.6 Å². The SMILES string of the molecule is CCSC1CCC(NC(=O)[C@H]2CCCNC2)C1. The van der Waals surface area contributed by atoms with E-state index in [1.54, 1.807) is 0 Å². The van der Waals surface area contributed by atoms with Crippen molar-refractivity contribution in [2.45, 2.75) is 50.3 Å². The van der Waals surface area contributed by atoms with Crippen molar-refractivity contribution < 1.29 is 4.79 Å². The molecule has 1 saturated heterocycles. The lowest BCUT2D eigenvalue weighted by molar-refractivity contribution is -0.126. The normalized spacial score (nSPS) is 33.6. The van der Waals surface area contributed by atoms with Gasteiger partial charge in [0.2, 0.25) is 5.91 Å². The summed E-state index contributed by atoms with van der Waals surface area (Å²) in [7, 11) is 0.